The van der Waals surface area contributed by atoms with Crippen LogP contribution in [0.3, 0.4) is 0 Å². The summed E-state index contributed by atoms with van der Waals surface area (Å²) in [5.74, 6) is 1.45. The van der Waals surface area contributed by atoms with Gasteiger partial charge in [0.25, 0.3) is 0 Å². The van der Waals surface area contributed by atoms with Crippen molar-refractivity contribution in [1.82, 2.24) is 5.01 Å². The molecule has 0 aliphatic carbocycles. The van der Waals surface area contributed by atoms with Gasteiger partial charge in [0.05, 0.1) is 18.4 Å². The zero-order valence-corrected chi connectivity index (χ0v) is 14.2. The van der Waals surface area contributed by atoms with Gasteiger partial charge in [-0.2, -0.15) is 5.10 Å². The summed E-state index contributed by atoms with van der Waals surface area (Å²) in [7, 11) is 1.65. The van der Waals surface area contributed by atoms with Crippen LogP contribution in [0.4, 0.5) is 0 Å². The number of halogens is 1. The van der Waals surface area contributed by atoms with E-state index in [2.05, 4.69) is 5.10 Å². The second kappa shape index (κ2) is 7.14. The Morgan fingerprint density at radius 2 is 2.18 bits per heavy atom. The average molecular weight is 323 g/mol. The van der Waals surface area contributed by atoms with E-state index in [-0.39, 0.29) is 11.4 Å². The lowest BCUT2D eigenvalue weighted by Crippen LogP contribution is -2.40. The van der Waals surface area contributed by atoms with Gasteiger partial charge in [-0.1, -0.05) is 12.1 Å². The van der Waals surface area contributed by atoms with Crippen LogP contribution in [-0.2, 0) is 4.79 Å². The van der Waals surface area contributed by atoms with E-state index >= 15 is 0 Å². The van der Waals surface area contributed by atoms with Crippen LogP contribution in [0.25, 0.3) is 0 Å². The van der Waals surface area contributed by atoms with Gasteiger partial charge in [-0.05, 0) is 38.8 Å². The fourth-order valence-corrected chi connectivity index (χ4v) is 2.80. The van der Waals surface area contributed by atoms with Crippen molar-refractivity contribution in [2.24, 2.45) is 5.10 Å². The molecular weight excluding hydrogens is 300 g/mol. The van der Waals surface area contributed by atoms with E-state index in [0.717, 1.165) is 36.3 Å². The topological polar surface area (TPSA) is 41.9 Å². The minimum Gasteiger partial charge on any atom is -0.497 e. The smallest absolute Gasteiger partial charge is 0.243 e. The Hall–Kier alpha value is -1.55. The summed E-state index contributed by atoms with van der Waals surface area (Å²) in [5.41, 5.74) is 1.63. The molecule has 0 saturated heterocycles. The van der Waals surface area contributed by atoms with Crippen LogP contribution < -0.4 is 4.74 Å². The number of hydrazone groups is 1. The van der Waals surface area contributed by atoms with Gasteiger partial charge in [-0.25, -0.2) is 5.01 Å². The molecule has 5 heteroatoms. The Labute approximate surface area is 137 Å². The van der Waals surface area contributed by atoms with Crippen molar-refractivity contribution in [3.63, 3.8) is 0 Å². The van der Waals surface area contributed by atoms with Gasteiger partial charge in [-0.3, -0.25) is 4.79 Å². The number of unbranched alkanes of at least 4 members (excludes halogenated alkanes) is 1. The van der Waals surface area contributed by atoms with Crippen molar-refractivity contribution in [3.05, 3.63) is 29.8 Å². The Kier molecular flexibility index (Phi) is 5.46. The summed E-state index contributed by atoms with van der Waals surface area (Å²) in [6.07, 6.45) is 2.89. The fourth-order valence-electron chi connectivity index (χ4n) is 2.61. The highest BCUT2D eigenvalue weighted by Crippen LogP contribution is 2.31. The second-order valence-corrected chi connectivity index (χ2v) is 6.50. The highest BCUT2D eigenvalue weighted by molar-refractivity contribution is 6.17. The third-order valence-corrected chi connectivity index (χ3v) is 4.07. The minimum atomic E-state index is -0.295. The lowest BCUT2D eigenvalue weighted by molar-refractivity contribution is -0.135. The van der Waals surface area contributed by atoms with E-state index in [0.29, 0.717) is 12.3 Å². The molecule has 2 rings (SSSR count). The lowest BCUT2D eigenvalue weighted by Gasteiger charge is -2.28. The molecule has 0 bridgehead atoms. The number of hydrogen-bond donors (Lipinski definition) is 0. The van der Waals surface area contributed by atoms with E-state index in [1.54, 1.807) is 12.1 Å². The van der Waals surface area contributed by atoms with Crippen LogP contribution in [0.2, 0.25) is 0 Å². The number of carbonyl (C=O) groups is 1. The first-order valence-corrected chi connectivity index (χ1v) is 8.12. The number of amides is 1. The molecule has 1 heterocycles. The maximum absolute atomic E-state index is 12.4. The molecule has 0 fully saturated rings. The highest BCUT2D eigenvalue weighted by Gasteiger charge is 2.38. The van der Waals surface area contributed by atoms with E-state index in [1.165, 1.54) is 0 Å². The minimum absolute atomic E-state index is 0.0630. The normalized spacial score (nSPS) is 16.5. The van der Waals surface area contributed by atoms with E-state index in [1.807, 2.05) is 38.1 Å². The fraction of sp³-hybridized carbons (Fsp3) is 0.529. The van der Waals surface area contributed by atoms with Crippen molar-refractivity contribution >= 4 is 23.2 Å². The molecule has 1 aromatic carbocycles. The van der Waals surface area contributed by atoms with E-state index in [4.69, 9.17) is 16.3 Å². The Bertz CT molecular complexity index is 570. The SMILES string of the molecule is COc1cccc(C2=NN(C(=O)CCCCCl)C(C)(C)C2)c1. The Balaban J connectivity index is 2.16. The molecule has 120 valence electrons. The molecule has 0 N–H and O–H groups in total. The predicted octanol–water partition coefficient (Wildman–Crippen LogP) is 3.82. The van der Waals surface area contributed by atoms with Crippen LogP contribution in [0, 0.1) is 0 Å². The summed E-state index contributed by atoms with van der Waals surface area (Å²) in [4.78, 5) is 12.4. The maximum Gasteiger partial charge on any atom is 0.243 e. The van der Waals surface area contributed by atoms with Crippen molar-refractivity contribution in [1.29, 1.82) is 0 Å². The molecule has 0 radical (unpaired) electrons. The number of rotatable bonds is 6. The monoisotopic (exact) mass is 322 g/mol. The molecule has 1 aromatic rings. The quantitative estimate of drug-likeness (QED) is 0.590. The molecule has 22 heavy (non-hydrogen) atoms. The summed E-state index contributed by atoms with van der Waals surface area (Å²) >= 11 is 5.67. The molecule has 1 aliphatic rings. The molecule has 0 atom stereocenters. The first kappa shape index (κ1) is 16.8. The number of hydrogen-bond acceptors (Lipinski definition) is 3. The van der Waals surface area contributed by atoms with Crippen LogP contribution in [0.1, 0.15) is 45.1 Å². The van der Waals surface area contributed by atoms with Gasteiger partial charge < -0.3 is 4.74 Å². The largest absolute Gasteiger partial charge is 0.497 e. The molecular formula is C17H23ClN2O2. The van der Waals surface area contributed by atoms with Gasteiger partial charge >= 0.3 is 0 Å². The summed E-state index contributed by atoms with van der Waals surface area (Å²) in [6.45, 7) is 4.09. The van der Waals surface area contributed by atoms with Gasteiger partial charge in [0.1, 0.15) is 5.75 Å². The molecule has 1 aliphatic heterocycles. The maximum atomic E-state index is 12.4. The van der Waals surface area contributed by atoms with Crippen LogP contribution in [-0.4, -0.2) is 35.2 Å². The summed E-state index contributed by atoms with van der Waals surface area (Å²) < 4.78 is 5.26. The van der Waals surface area contributed by atoms with E-state index < -0.39 is 0 Å². The standard InChI is InChI=1S/C17H23ClN2O2/c1-17(2)12-15(13-7-6-8-14(11-13)22-3)19-20(17)16(21)9-4-5-10-18/h6-8,11H,4-5,9-10,12H2,1-3H3. The average Bonchev–Trinajstić information content (AvgIpc) is 2.83. The summed E-state index contributed by atoms with van der Waals surface area (Å²) in [6, 6.07) is 7.79. The van der Waals surface area contributed by atoms with Crippen LogP contribution >= 0.6 is 11.6 Å². The second-order valence-electron chi connectivity index (χ2n) is 6.12. The zero-order valence-electron chi connectivity index (χ0n) is 13.4. The van der Waals surface area contributed by atoms with Gasteiger partial charge in [0, 0.05) is 24.3 Å². The lowest BCUT2D eigenvalue weighted by atomic mass is 9.94. The van der Waals surface area contributed by atoms with E-state index in [9.17, 15) is 4.79 Å². The van der Waals surface area contributed by atoms with Gasteiger partial charge in [-0.15, -0.1) is 11.6 Å². The molecule has 0 spiro atoms. The molecule has 0 saturated carbocycles. The number of alkyl halides is 1. The third kappa shape index (κ3) is 3.80. The van der Waals surface area contributed by atoms with Crippen molar-refractivity contribution in [3.8, 4) is 5.75 Å². The van der Waals surface area contributed by atoms with Crippen molar-refractivity contribution in [2.45, 2.75) is 45.1 Å². The Morgan fingerprint density at radius 3 is 2.86 bits per heavy atom. The predicted molar refractivity (Wildman–Crippen MR) is 89.6 cm³/mol. The number of benzene rings is 1. The number of ether oxygens (including phenoxy) is 1. The summed E-state index contributed by atoms with van der Waals surface area (Å²) in [5, 5.41) is 6.21. The van der Waals surface area contributed by atoms with Crippen molar-refractivity contribution < 1.29 is 9.53 Å². The molecule has 0 aromatic heterocycles. The van der Waals surface area contributed by atoms with Gasteiger partial charge in [0.2, 0.25) is 5.91 Å². The molecule has 1 amide bonds. The van der Waals surface area contributed by atoms with Gasteiger partial charge in [0.15, 0.2) is 0 Å². The Morgan fingerprint density at radius 1 is 1.41 bits per heavy atom. The molecule has 4 nitrogen and oxygen atoms in total. The first-order chi connectivity index (χ1) is 10.5. The molecule has 0 unspecified atom stereocenters. The van der Waals surface area contributed by atoms with Crippen LogP contribution in [0.5, 0.6) is 5.75 Å². The zero-order chi connectivity index (χ0) is 16.2. The number of methoxy groups -OCH3 is 1. The van der Waals surface area contributed by atoms with Crippen LogP contribution in [0.15, 0.2) is 29.4 Å². The highest BCUT2D eigenvalue weighted by atomic mass is 35.5. The first-order valence-electron chi connectivity index (χ1n) is 7.59. The number of nitrogens with zero attached hydrogens (tertiary/aromatic N) is 2. The third-order valence-electron chi connectivity index (χ3n) is 3.81. The van der Waals surface area contributed by atoms with Crippen molar-refractivity contribution in [2.75, 3.05) is 13.0 Å². The number of carbonyl (C=O) groups excluding carboxylic acids is 1.